The van der Waals surface area contributed by atoms with Gasteiger partial charge in [0.15, 0.2) is 0 Å². The molecule has 0 atom stereocenters. The van der Waals surface area contributed by atoms with Crippen LogP contribution in [0.25, 0.3) is 0 Å². The maximum absolute atomic E-state index is 13.5. The number of rotatable bonds is 3. The predicted molar refractivity (Wildman–Crippen MR) is 71.2 cm³/mol. The van der Waals surface area contributed by atoms with Crippen molar-refractivity contribution in [3.63, 3.8) is 0 Å². The Morgan fingerprint density at radius 2 is 2.24 bits per heavy atom. The second-order valence-electron chi connectivity index (χ2n) is 3.94. The lowest BCUT2D eigenvalue weighted by molar-refractivity contribution is 0.0597. The van der Waals surface area contributed by atoms with Crippen LogP contribution in [0.5, 0.6) is 11.6 Å². The summed E-state index contributed by atoms with van der Waals surface area (Å²) in [6.45, 7) is 0. The van der Waals surface area contributed by atoms with Gasteiger partial charge in [0, 0.05) is 0 Å². The van der Waals surface area contributed by atoms with Crippen LogP contribution in [0.1, 0.15) is 15.9 Å². The molecule has 106 valence electrons. The Morgan fingerprint density at radius 1 is 1.48 bits per heavy atom. The molecule has 6 nitrogen and oxygen atoms in total. The predicted octanol–water partition coefficient (Wildman–Crippen LogP) is 2.25. The fourth-order valence-electron chi connectivity index (χ4n) is 1.61. The topological polar surface area (TPSA) is 98.2 Å². The molecule has 2 rings (SSSR count). The summed E-state index contributed by atoms with van der Waals surface area (Å²) < 4.78 is 23.5. The number of carbonyl (C=O) groups is 1. The summed E-state index contributed by atoms with van der Waals surface area (Å²) in [6.07, 6.45) is 1.27. The molecule has 21 heavy (non-hydrogen) atoms. The molecule has 0 unspecified atom stereocenters. The van der Waals surface area contributed by atoms with E-state index in [1.54, 1.807) is 6.07 Å². The number of hydrogen-bond acceptors (Lipinski definition) is 6. The van der Waals surface area contributed by atoms with E-state index in [0.717, 1.165) is 6.07 Å². The highest BCUT2D eigenvalue weighted by Crippen LogP contribution is 2.28. The van der Waals surface area contributed by atoms with Gasteiger partial charge in [-0.2, -0.15) is 5.26 Å². The van der Waals surface area contributed by atoms with E-state index >= 15 is 0 Å². The minimum Gasteiger partial charge on any atom is -0.465 e. The number of aromatic nitrogens is 1. The molecule has 0 fully saturated rings. The molecule has 0 saturated carbocycles. The minimum atomic E-state index is -0.731. The highest BCUT2D eigenvalue weighted by molar-refractivity contribution is 5.92. The molecule has 2 N–H and O–H groups in total. The number of benzene rings is 1. The Morgan fingerprint density at radius 3 is 2.90 bits per heavy atom. The molecule has 0 aliphatic carbocycles. The number of esters is 1. The Bertz CT molecular complexity index is 741. The second kappa shape index (κ2) is 5.88. The van der Waals surface area contributed by atoms with Gasteiger partial charge in [-0.3, -0.25) is 0 Å². The van der Waals surface area contributed by atoms with Gasteiger partial charge in [-0.1, -0.05) is 6.07 Å². The summed E-state index contributed by atoms with van der Waals surface area (Å²) >= 11 is 0. The zero-order valence-electron chi connectivity index (χ0n) is 11.0. The molecule has 0 aliphatic heterocycles. The molecule has 1 aromatic carbocycles. The van der Waals surface area contributed by atoms with Crippen molar-refractivity contribution in [2.24, 2.45) is 0 Å². The third kappa shape index (κ3) is 2.90. The molecule has 1 aromatic heterocycles. The molecule has 0 aliphatic rings. The normalized spacial score (nSPS) is 9.76. The van der Waals surface area contributed by atoms with Crippen molar-refractivity contribution in [1.82, 2.24) is 4.98 Å². The van der Waals surface area contributed by atoms with E-state index < -0.39 is 11.8 Å². The first-order valence-electron chi connectivity index (χ1n) is 5.77. The molecule has 0 amide bonds. The average Bonchev–Trinajstić information content (AvgIpc) is 2.48. The van der Waals surface area contributed by atoms with Crippen molar-refractivity contribution in [1.29, 1.82) is 5.26 Å². The first kappa shape index (κ1) is 14.3. The molecule has 0 saturated heterocycles. The summed E-state index contributed by atoms with van der Waals surface area (Å²) in [5.74, 6) is -1.62. The monoisotopic (exact) mass is 287 g/mol. The minimum absolute atomic E-state index is 0.0225. The van der Waals surface area contributed by atoms with Gasteiger partial charge in [-0.25, -0.2) is 14.2 Å². The number of nitrogens with two attached hydrogens (primary N) is 1. The van der Waals surface area contributed by atoms with Crippen LogP contribution in [0, 0.1) is 17.1 Å². The van der Waals surface area contributed by atoms with Crippen molar-refractivity contribution in [2.45, 2.75) is 0 Å². The third-order valence-electron chi connectivity index (χ3n) is 2.57. The number of ether oxygens (including phenoxy) is 2. The molecule has 0 radical (unpaired) electrons. The lowest BCUT2D eigenvalue weighted by Gasteiger charge is -2.10. The number of nitriles is 1. The summed E-state index contributed by atoms with van der Waals surface area (Å²) in [5.41, 5.74) is 5.49. The number of nitrogens with zero attached hydrogens (tertiary/aromatic N) is 2. The lowest BCUT2D eigenvalue weighted by atomic mass is 10.2. The highest BCUT2D eigenvalue weighted by atomic mass is 19.1. The summed E-state index contributed by atoms with van der Waals surface area (Å²) in [6, 6.07) is 6.90. The molecular formula is C14H10FN3O3. The second-order valence-corrected chi connectivity index (χ2v) is 3.94. The quantitative estimate of drug-likeness (QED) is 0.869. The fraction of sp³-hybridized carbons (Fsp3) is 0.0714. The van der Waals surface area contributed by atoms with E-state index in [2.05, 4.69) is 9.72 Å². The number of methoxy groups -OCH3 is 1. The molecule has 7 heteroatoms. The Labute approximate surface area is 119 Å². The molecular weight excluding hydrogens is 277 g/mol. The van der Waals surface area contributed by atoms with Gasteiger partial charge in [0.25, 0.3) is 0 Å². The van der Waals surface area contributed by atoms with Gasteiger partial charge in [0.05, 0.1) is 19.0 Å². The fourth-order valence-corrected chi connectivity index (χ4v) is 1.61. The summed E-state index contributed by atoms with van der Waals surface area (Å²) in [4.78, 5) is 15.5. The average molecular weight is 287 g/mol. The number of nitrogen functional groups attached to an aromatic ring is 1. The Kier molecular flexibility index (Phi) is 4.00. The largest absolute Gasteiger partial charge is 0.465 e. The maximum Gasteiger partial charge on any atom is 0.343 e. The zero-order chi connectivity index (χ0) is 15.4. The van der Waals surface area contributed by atoms with Gasteiger partial charge < -0.3 is 15.2 Å². The number of anilines is 1. The van der Waals surface area contributed by atoms with E-state index in [1.165, 1.54) is 31.5 Å². The van der Waals surface area contributed by atoms with Gasteiger partial charge in [-0.05, 0) is 18.2 Å². The number of hydrogen-bond donors (Lipinski definition) is 1. The van der Waals surface area contributed by atoms with Crippen LogP contribution in [-0.2, 0) is 4.74 Å². The first-order valence-corrected chi connectivity index (χ1v) is 5.77. The first-order chi connectivity index (χ1) is 10.1. The smallest absolute Gasteiger partial charge is 0.343 e. The van der Waals surface area contributed by atoms with Crippen LogP contribution in [-0.4, -0.2) is 18.1 Å². The van der Waals surface area contributed by atoms with Crippen LogP contribution in [0.2, 0.25) is 0 Å². The van der Waals surface area contributed by atoms with Crippen LogP contribution >= 0.6 is 0 Å². The Hall–Kier alpha value is -3.14. The van der Waals surface area contributed by atoms with Crippen molar-refractivity contribution >= 4 is 11.7 Å². The zero-order valence-corrected chi connectivity index (χ0v) is 11.0. The van der Waals surface area contributed by atoms with Crippen molar-refractivity contribution in [3.05, 3.63) is 47.4 Å². The van der Waals surface area contributed by atoms with E-state index in [-0.39, 0.29) is 28.4 Å². The van der Waals surface area contributed by atoms with Gasteiger partial charge >= 0.3 is 5.97 Å². The van der Waals surface area contributed by atoms with E-state index in [0.29, 0.717) is 0 Å². The maximum atomic E-state index is 13.5. The Balaban J connectivity index is 2.48. The molecule has 2 aromatic rings. The van der Waals surface area contributed by atoms with E-state index in [1.807, 2.05) is 0 Å². The van der Waals surface area contributed by atoms with Crippen molar-refractivity contribution < 1.29 is 18.7 Å². The molecule has 0 bridgehead atoms. The number of pyridine rings is 1. The SMILES string of the molecule is COC(=O)c1cc(N)cnc1Oc1cccc(F)c1C#N. The van der Waals surface area contributed by atoms with E-state index in [9.17, 15) is 9.18 Å². The van der Waals surface area contributed by atoms with E-state index in [4.69, 9.17) is 15.7 Å². The number of halogens is 1. The van der Waals surface area contributed by atoms with Crippen LogP contribution in [0.3, 0.4) is 0 Å². The lowest BCUT2D eigenvalue weighted by Crippen LogP contribution is -2.07. The summed E-state index contributed by atoms with van der Waals surface area (Å²) in [7, 11) is 1.19. The number of carbonyl (C=O) groups excluding carboxylic acids is 1. The summed E-state index contributed by atoms with van der Waals surface area (Å²) in [5, 5.41) is 8.94. The molecule has 1 heterocycles. The van der Waals surface area contributed by atoms with Crippen LogP contribution < -0.4 is 10.5 Å². The van der Waals surface area contributed by atoms with Crippen molar-refractivity contribution in [2.75, 3.05) is 12.8 Å². The third-order valence-corrected chi connectivity index (χ3v) is 2.57. The van der Waals surface area contributed by atoms with Gasteiger partial charge in [-0.15, -0.1) is 0 Å². The standard InChI is InChI=1S/C14H10FN3O3/c1-20-14(19)9-5-8(17)7-18-13(9)21-12-4-2-3-11(15)10(12)6-16/h2-5,7H,17H2,1H3. The van der Waals surface area contributed by atoms with Gasteiger partial charge in [0.1, 0.15) is 28.8 Å². The van der Waals surface area contributed by atoms with Gasteiger partial charge in [0.2, 0.25) is 5.88 Å². The van der Waals surface area contributed by atoms with Crippen molar-refractivity contribution in [3.8, 4) is 17.7 Å². The van der Waals surface area contributed by atoms with Crippen LogP contribution in [0.4, 0.5) is 10.1 Å². The van der Waals surface area contributed by atoms with Crippen LogP contribution in [0.15, 0.2) is 30.5 Å². The highest BCUT2D eigenvalue weighted by Gasteiger charge is 2.18. The molecule has 0 spiro atoms.